The summed E-state index contributed by atoms with van der Waals surface area (Å²) in [4.78, 5) is 25.1. The van der Waals surface area contributed by atoms with E-state index in [1.807, 2.05) is 0 Å². The molecule has 132 valence electrons. The molecule has 2 amide bonds. The second kappa shape index (κ2) is 8.39. The standard InChI is InChI=1S/C18H19ClN2O4/c1-21(10-12-9-13(19)7-8-15(12)24-2)17(22)11-25-16-6-4-3-5-14(16)18(20)23/h3-9H,10-11H2,1-2H3,(H2,20,23). The highest BCUT2D eigenvalue weighted by molar-refractivity contribution is 6.30. The smallest absolute Gasteiger partial charge is 0.260 e. The van der Waals surface area contributed by atoms with Crippen LogP contribution < -0.4 is 15.2 Å². The zero-order valence-electron chi connectivity index (χ0n) is 14.0. The molecule has 0 unspecified atom stereocenters. The van der Waals surface area contributed by atoms with Crippen molar-refractivity contribution in [2.24, 2.45) is 5.73 Å². The van der Waals surface area contributed by atoms with Crippen LogP contribution in [-0.2, 0) is 11.3 Å². The van der Waals surface area contributed by atoms with Crippen LogP contribution in [0.4, 0.5) is 0 Å². The fourth-order valence-corrected chi connectivity index (χ4v) is 2.45. The largest absolute Gasteiger partial charge is 0.496 e. The number of halogens is 1. The van der Waals surface area contributed by atoms with E-state index < -0.39 is 5.91 Å². The van der Waals surface area contributed by atoms with Crippen LogP contribution in [0, 0.1) is 0 Å². The van der Waals surface area contributed by atoms with Gasteiger partial charge in [0.1, 0.15) is 11.5 Å². The molecule has 0 saturated heterocycles. The minimum atomic E-state index is -0.611. The van der Waals surface area contributed by atoms with Gasteiger partial charge in [0.15, 0.2) is 6.61 Å². The molecule has 0 aliphatic carbocycles. The van der Waals surface area contributed by atoms with Gasteiger partial charge in [0.2, 0.25) is 0 Å². The summed E-state index contributed by atoms with van der Waals surface area (Å²) in [5, 5.41) is 0.559. The van der Waals surface area contributed by atoms with Crippen LogP contribution >= 0.6 is 11.6 Å². The number of carbonyl (C=O) groups is 2. The molecule has 0 bridgehead atoms. The van der Waals surface area contributed by atoms with Crippen LogP contribution in [0.2, 0.25) is 5.02 Å². The third-order valence-corrected chi connectivity index (χ3v) is 3.81. The van der Waals surface area contributed by atoms with Crippen molar-refractivity contribution in [1.29, 1.82) is 0 Å². The maximum atomic E-state index is 12.3. The topological polar surface area (TPSA) is 81.9 Å². The van der Waals surface area contributed by atoms with Gasteiger partial charge in [0.25, 0.3) is 11.8 Å². The van der Waals surface area contributed by atoms with Crippen LogP contribution in [0.1, 0.15) is 15.9 Å². The van der Waals surface area contributed by atoms with Gasteiger partial charge in [0.05, 0.1) is 12.7 Å². The number of primary amides is 1. The summed E-state index contributed by atoms with van der Waals surface area (Å²) < 4.78 is 10.7. The summed E-state index contributed by atoms with van der Waals surface area (Å²) in [5.74, 6) is 0.0440. The predicted molar refractivity (Wildman–Crippen MR) is 94.9 cm³/mol. The molecule has 6 nitrogen and oxygen atoms in total. The Morgan fingerprint density at radius 1 is 1.16 bits per heavy atom. The minimum absolute atomic E-state index is 0.219. The van der Waals surface area contributed by atoms with E-state index in [0.717, 1.165) is 5.56 Å². The number of ether oxygens (including phenoxy) is 2. The van der Waals surface area contributed by atoms with Crippen molar-refractivity contribution >= 4 is 23.4 Å². The molecule has 25 heavy (non-hydrogen) atoms. The van der Waals surface area contributed by atoms with E-state index in [0.29, 0.717) is 17.3 Å². The molecule has 0 fully saturated rings. The number of hydrogen-bond donors (Lipinski definition) is 1. The molecule has 0 aliphatic rings. The van der Waals surface area contributed by atoms with Crippen molar-refractivity contribution in [1.82, 2.24) is 4.90 Å². The predicted octanol–water partition coefficient (Wildman–Crippen LogP) is 2.48. The normalized spacial score (nSPS) is 10.2. The third-order valence-electron chi connectivity index (χ3n) is 3.58. The summed E-state index contributed by atoms with van der Waals surface area (Å²) in [6.07, 6.45) is 0. The SMILES string of the molecule is COc1ccc(Cl)cc1CN(C)C(=O)COc1ccccc1C(N)=O. The van der Waals surface area contributed by atoms with Gasteiger partial charge in [-0.3, -0.25) is 9.59 Å². The van der Waals surface area contributed by atoms with Crippen LogP contribution in [0.5, 0.6) is 11.5 Å². The van der Waals surface area contributed by atoms with Gasteiger partial charge in [-0.05, 0) is 30.3 Å². The number of carbonyl (C=O) groups excluding carboxylic acids is 2. The molecule has 7 heteroatoms. The van der Waals surface area contributed by atoms with E-state index in [2.05, 4.69) is 0 Å². The first kappa shape index (κ1) is 18.6. The number of methoxy groups -OCH3 is 1. The Hall–Kier alpha value is -2.73. The molecular weight excluding hydrogens is 344 g/mol. The van der Waals surface area contributed by atoms with Gasteiger partial charge >= 0.3 is 0 Å². The van der Waals surface area contributed by atoms with Gasteiger partial charge in [0, 0.05) is 24.2 Å². The summed E-state index contributed by atoms with van der Waals surface area (Å²) in [6, 6.07) is 11.7. The summed E-state index contributed by atoms with van der Waals surface area (Å²) in [6.45, 7) is 0.0903. The minimum Gasteiger partial charge on any atom is -0.496 e. The van der Waals surface area contributed by atoms with Crippen LogP contribution in [0.15, 0.2) is 42.5 Å². The van der Waals surface area contributed by atoms with E-state index in [9.17, 15) is 9.59 Å². The maximum Gasteiger partial charge on any atom is 0.260 e. The Kier molecular flexibility index (Phi) is 6.25. The molecule has 0 aromatic heterocycles. The van der Waals surface area contributed by atoms with Crippen molar-refractivity contribution in [2.75, 3.05) is 20.8 Å². The lowest BCUT2D eigenvalue weighted by Crippen LogP contribution is -2.31. The van der Waals surface area contributed by atoms with Gasteiger partial charge in [-0.2, -0.15) is 0 Å². The zero-order valence-corrected chi connectivity index (χ0v) is 14.7. The Morgan fingerprint density at radius 3 is 2.56 bits per heavy atom. The molecule has 2 aromatic rings. The summed E-state index contributed by atoms with van der Waals surface area (Å²) in [5.41, 5.74) is 6.30. The van der Waals surface area contributed by atoms with E-state index in [-0.39, 0.29) is 23.8 Å². The number of rotatable bonds is 7. The second-order valence-corrected chi connectivity index (χ2v) is 5.79. The van der Waals surface area contributed by atoms with Gasteiger partial charge in [-0.15, -0.1) is 0 Å². The highest BCUT2D eigenvalue weighted by atomic mass is 35.5. The molecule has 2 N–H and O–H groups in total. The van der Waals surface area contributed by atoms with Gasteiger partial charge in [-0.25, -0.2) is 0 Å². The van der Waals surface area contributed by atoms with E-state index in [4.69, 9.17) is 26.8 Å². The number of hydrogen-bond acceptors (Lipinski definition) is 4. The maximum absolute atomic E-state index is 12.3. The van der Waals surface area contributed by atoms with Crippen LogP contribution in [0.25, 0.3) is 0 Å². The van der Waals surface area contributed by atoms with E-state index in [1.165, 1.54) is 4.90 Å². The molecule has 0 radical (unpaired) electrons. The van der Waals surface area contributed by atoms with E-state index in [1.54, 1.807) is 56.6 Å². The lowest BCUT2D eigenvalue weighted by atomic mass is 10.2. The molecule has 0 heterocycles. The van der Waals surface area contributed by atoms with Crippen molar-refractivity contribution in [2.45, 2.75) is 6.54 Å². The molecule has 0 aliphatic heterocycles. The zero-order chi connectivity index (χ0) is 18.4. The number of nitrogens with two attached hydrogens (primary N) is 1. The van der Waals surface area contributed by atoms with Crippen molar-refractivity contribution in [3.05, 3.63) is 58.6 Å². The number of para-hydroxylation sites is 1. The Morgan fingerprint density at radius 2 is 1.88 bits per heavy atom. The molecule has 0 atom stereocenters. The van der Waals surface area contributed by atoms with Crippen LogP contribution in [0.3, 0.4) is 0 Å². The van der Waals surface area contributed by atoms with E-state index >= 15 is 0 Å². The molecule has 2 rings (SSSR count). The Bertz CT molecular complexity index is 779. The summed E-state index contributed by atoms with van der Waals surface area (Å²) in [7, 11) is 3.20. The average molecular weight is 363 g/mol. The van der Waals surface area contributed by atoms with Crippen molar-refractivity contribution < 1.29 is 19.1 Å². The fraction of sp³-hybridized carbons (Fsp3) is 0.222. The number of amides is 2. The Labute approximate surface area is 151 Å². The third kappa shape index (κ3) is 4.87. The number of nitrogens with zero attached hydrogens (tertiary/aromatic N) is 1. The van der Waals surface area contributed by atoms with Crippen molar-refractivity contribution in [3.8, 4) is 11.5 Å². The number of benzene rings is 2. The first-order chi connectivity index (χ1) is 11.9. The quantitative estimate of drug-likeness (QED) is 0.820. The molecular formula is C18H19ClN2O4. The highest BCUT2D eigenvalue weighted by Crippen LogP contribution is 2.24. The van der Waals surface area contributed by atoms with Gasteiger partial charge < -0.3 is 20.1 Å². The number of likely N-dealkylation sites (N-methyl/N-ethyl adjacent to an activating group) is 1. The molecule has 0 saturated carbocycles. The first-order valence-corrected chi connectivity index (χ1v) is 7.88. The Balaban J connectivity index is 2.02. The summed E-state index contributed by atoms with van der Waals surface area (Å²) >= 11 is 6.00. The lowest BCUT2D eigenvalue weighted by molar-refractivity contribution is -0.132. The van der Waals surface area contributed by atoms with Crippen LogP contribution in [-0.4, -0.2) is 37.5 Å². The van der Waals surface area contributed by atoms with Crippen molar-refractivity contribution in [3.63, 3.8) is 0 Å². The lowest BCUT2D eigenvalue weighted by Gasteiger charge is -2.19. The average Bonchev–Trinajstić information content (AvgIpc) is 2.60. The second-order valence-electron chi connectivity index (χ2n) is 5.36. The monoisotopic (exact) mass is 362 g/mol. The fourth-order valence-electron chi connectivity index (χ4n) is 2.26. The van der Waals surface area contributed by atoms with Gasteiger partial charge in [-0.1, -0.05) is 23.7 Å². The molecule has 0 spiro atoms. The molecule has 2 aromatic carbocycles. The highest BCUT2D eigenvalue weighted by Gasteiger charge is 2.15. The first-order valence-electron chi connectivity index (χ1n) is 7.50.